The molecule has 126 valence electrons. The molecule has 0 atom stereocenters. The molecule has 0 amide bonds. The van der Waals surface area contributed by atoms with Crippen molar-refractivity contribution in [1.29, 1.82) is 0 Å². The van der Waals surface area contributed by atoms with Crippen LogP contribution < -0.4 is 16.1 Å². The molecular weight excluding hydrogens is 294 g/mol. The van der Waals surface area contributed by atoms with Crippen molar-refractivity contribution in [3.63, 3.8) is 0 Å². The van der Waals surface area contributed by atoms with Gasteiger partial charge in [-0.15, -0.1) is 0 Å². The largest absolute Gasteiger partial charge is 0.497 e. The van der Waals surface area contributed by atoms with Crippen molar-refractivity contribution in [3.05, 3.63) is 17.9 Å². The molecule has 2 N–H and O–H groups in total. The van der Waals surface area contributed by atoms with Crippen molar-refractivity contribution in [2.45, 2.75) is 58.2 Å². The van der Waals surface area contributed by atoms with E-state index in [1.54, 1.807) is 6.07 Å². The highest BCUT2D eigenvalue weighted by atomic mass is 19.1. The van der Waals surface area contributed by atoms with Gasteiger partial charge < -0.3 is 19.9 Å². The number of piperidine rings is 1. The maximum absolute atomic E-state index is 14.9. The van der Waals surface area contributed by atoms with Crippen molar-refractivity contribution in [2.75, 3.05) is 23.7 Å². The average molecular weight is 320 g/mol. The zero-order chi connectivity index (χ0) is 16.8. The van der Waals surface area contributed by atoms with Gasteiger partial charge >= 0.3 is 7.12 Å². The zero-order valence-electron chi connectivity index (χ0n) is 14.5. The van der Waals surface area contributed by atoms with Crippen molar-refractivity contribution < 1.29 is 13.7 Å². The summed E-state index contributed by atoms with van der Waals surface area (Å²) in [4.78, 5) is 2.16. The lowest BCUT2D eigenvalue weighted by atomic mass is 9.78. The lowest BCUT2D eigenvalue weighted by molar-refractivity contribution is 0.00578. The van der Waals surface area contributed by atoms with Crippen molar-refractivity contribution in [3.8, 4) is 0 Å². The summed E-state index contributed by atoms with van der Waals surface area (Å²) in [5.41, 5.74) is 6.45. The van der Waals surface area contributed by atoms with Gasteiger partial charge in [0, 0.05) is 18.6 Å². The third-order valence-corrected chi connectivity index (χ3v) is 5.39. The van der Waals surface area contributed by atoms with E-state index >= 15 is 0 Å². The van der Waals surface area contributed by atoms with E-state index in [1.165, 1.54) is 6.42 Å². The Bertz CT molecular complexity index is 585. The molecule has 23 heavy (non-hydrogen) atoms. The van der Waals surface area contributed by atoms with Gasteiger partial charge in [-0.2, -0.15) is 0 Å². The Kier molecular flexibility index (Phi) is 4.09. The summed E-state index contributed by atoms with van der Waals surface area (Å²) in [7, 11) is -0.724. The van der Waals surface area contributed by atoms with Gasteiger partial charge in [-0.25, -0.2) is 4.39 Å². The summed E-state index contributed by atoms with van der Waals surface area (Å²) in [6.45, 7) is 9.68. The van der Waals surface area contributed by atoms with Crippen LogP contribution >= 0.6 is 0 Å². The van der Waals surface area contributed by atoms with E-state index in [-0.39, 0.29) is 5.69 Å². The van der Waals surface area contributed by atoms with Crippen LogP contribution in [0.2, 0.25) is 0 Å². The van der Waals surface area contributed by atoms with Crippen LogP contribution in [0.15, 0.2) is 12.1 Å². The fourth-order valence-corrected chi connectivity index (χ4v) is 3.16. The minimum atomic E-state index is -0.724. The number of rotatable bonds is 2. The number of hydrogen-bond donors (Lipinski definition) is 1. The molecular formula is C17H26BFN2O2. The molecule has 0 radical (unpaired) electrons. The second-order valence-corrected chi connectivity index (χ2v) is 7.54. The van der Waals surface area contributed by atoms with Crippen LogP contribution in [-0.2, 0) is 9.31 Å². The summed E-state index contributed by atoms with van der Waals surface area (Å²) in [5.74, 6) is -0.424. The number of hydrogen-bond acceptors (Lipinski definition) is 4. The average Bonchev–Trinajstić information content (AvgIpc) is 2.71. The number of nitrogens with two attached hydrogens (primary N) is 1. The van der Waals surface area contributed by atoms with Gasteiger partial charge in [0.1, 0.15) is 5.82 Å². The summed E-state index contributed by atoms with van der Waals surface area (Å²) < 4.78 is 26.7. The molecule has 6 heteroatoms. The number of halogens is 1. The topological polar surface area (TPSA) is 47.7 Å². The molecule has 2 aliphatic rings. The Hall–Kier alpha value is -1.27. The van der Waals surface area contributed by atoms with Crippen LogP contribution in [0.3, 0.4) is 0 Å². The highest BCUT2D eigenvalue weighted by Gasteiger charge is 2.52. The summed E-state index contributed by atoms with van der Waals surface area (Å²) in [6, 6.07) is 3.64. The first-order valence-corrected chi connectivity index (χ1v) is 8.41. The van der Waals surface area contributed by atoms with E-state index < -0.39 is 24.1 Å². The van der Waals surface area contributed by atoms with E-state index in [2.05, 4.69) is 4.90 Å². The molecule has 0 aliphatic carbocycles. The Morgan fingerprint density at radius 3 is 2.17 bits per heavy atom. The third-order valence-electron chi connectivity index (χ3n) is 5.39. The smallest absolute Gasteiger partial charge is 0.399 e. The SMILES string of the molecule is CC1(C)OB(c2ccc(N3CCCCC3)c(N)c2F)OC1(C)C. The Labute approximate surface area is 138 Å². The van der Waals surface area contributed by atoms with E-state index in [0.717, 1.165) is 31.6 Å². The van der Waals surface area contributed by atoms with Crippen LogP contribution in [0.5, 0.6) is 0 Å². The number of nitrogen functional groups attached to an aromatic ring is 1. The summed E-state index contributed by atoms with van der Waals surface area (Å²) in [6.07, 6.45) is 3.48. The van der Waals surface area contributed by atoms with Gasteiger partial charge in [0.25, 0.3) is 0 Å². The van der Waals surface area contributed by atoms with Gasteiger partial charge in [0.2, 0.25) is 0 Å². The fraction of sp³-hybridized carbons (Fsp3) is 0.647. The standard InChI is InChI=1S/C17H26BFN2O2/c1-16(2)17(3,4)23-18(22-16)12-8-9-13(15(20)14(12)19)21-10-6-5-7-11-21/h8-9H,5-7,10-11,20H2,1-4H3. The maximum Gasteiger partial charge on any atom is 0.497 e. The van der Waals surface area contributed by atoms with Gasteiger partial charge in [-0.05, 0) is 53.0 Å². The Morgan fingerprint density at radius 1 is 1.04 bits per heavy atom. The van der Waals surface area contributed by atoms with Crippen LogP contribution in [0.1, 0.15) is 47.0 Å². The number of nitrogens with zero attached hydrogens (tertiary/aromatic N) is 1. The van der Waals surface area contributed by atoms with Crippen molar-refractivity contribution in [2.24, 2.45) is 0 Å². The van der Waals surface area contributed by atoms with E-state index in [1.807, 2.05) is 33.8 Å². The molecule has 0 bridgehead atoms. The first kappa shape index (κ1) is 16.6. The minimum absolute atomic E-state index is 0.194. The molecule has 4 nitrogen and oxygen atoms in total. The molecule has 2 fully saturated rings. The fourth-order valence-electron chi connectivity index (χ4n) is 3.16. The monoisotopic (exact) mass is 320 g/mol. The predicted molar refractivity (Wildman–Crippen MR) is 92.6 cm³/mol. The second-order valence-electron chi connectivity index (χ2n) is 7.54. The normalized spacial score (nSPS) is 23.3. The van der Waals surface area contributed by atoms with Crippen molar-refractivity contribution >= 4 is 24.0 Å². The van der Waals surface area contributed by atoms with E-state index in [0.29, 0.717) is 5.46 Å². The third kappa shape index (κ3) is 2.83. The molecule has 2 aliphatic heterocycles. The molecule has 1 aromatic rings. The first-order valence-electron chi connectivity index (χ1n) is 8.41. The van der Waals surface area contributed by atoms with E-state index in [4.69, 9.17) is 15.0 Å². The Morgan fingerprint density at radius 2 is 1.61 bits per heavy atom. The lowest BCUT2D eigenvalue weighted by Gasteiger charge is -2.32. The van der Waals surface area contributed by atoms with Crippen LogP contribution in [0, 0.1) is 5.82 Å². The molecule has 0 unspecified atom stereocenters. The molecule has 0 saturated carbocycles. The second kappa shape index (κ2) is 5.67. The molecule has 1 aromatic carbocycles. The van der Waals surface area contributed by atoms with Crippen LogP contribution in [-0.4, -0.2) is 31.4 Å². The van der Waals surface area contributed by atoms with Gasteiger partial charge in [-0.3, -0.25) is 0 Å². The van der Waals surface area contributed by atoms with Crippen LogP contribution in [0.4, 0.5) is 15.8 Å². The highest BCUT2D eigenvalue weighted by Crippen LogP contribution is 2.37. The molecule has 0 spiro atoms. The first-order chi connectivity index (χ1) is 10.7. The number of benzene rings is 1. The molecule has 2 saturated heterocycles. The summed E-state index contributed by atoms with van der Waals surface area (Å²) >= 11 is 0. The minimum Gasteiger partial charge on any atom is -0.399 e. The van der Waals surface area contributed by atoms with Gasteiger partial charge in [-0.1, -0.05) is 6.07 Å². The maximum atomic E-state index is 14.9. The number of anilines is 2. The molecule has 0 aromatic heterocycles. The molecule has 2 heterocycles. The summed E-state index contributed by atoms with van der Waals surface area (Å²) in [5, 5.41) is 0. The van der Waals surface area contributed by atoms with Crippen molar-refractivity contribution in [1.82, 2.24) is 0 Å². The zero-order valence-corrected chi connectivity index (χ0v) is 14.5. The quantitative estimate of drug-likeness (QED) is 0.672. The molecule has 3 rings (SSSR count). The lowest BCUT2D eigenvalue weighted by Crippen LogP contribution is -2.41. The highest BCUT2D eigenvalue weighted by molar-refractivity contribution is 6.62. The van der Waals surface area contributed by atoms with Crippen LogP contribution in [0.25, 0.3) is 0 Å². The van der Waals surface area contributed by atoms with Gasteiger partial charge in [0.05, 0.1) is 22.6 Å². The Balaban J connectivity index is 1.89. The predicted octanol–water partition coefficient (Wildman–Crippen LogP) is 2.70. The van der Waals surface area contributed by atoms with E-state index in [9.17, 15) is 4.39 Å². The van der Waals surface area contributed by atoms with Gasteiger partial charge in [0.15, 0.2) is 0 Å².